The third-order valence-electron chi connectivity index (χ3n) is 1.92. The summed E-state index contributed by atoms with van der Waals surface area (Å²) in [5.41, 5.74) is 0.640. The van der Waals surface area contributed by atoms with Gasteiger partial charge in [-0.15, -0.1) is 0 Å². The first kappa shape index (κ1) is 8.50. The molecule has 0 bridgehead atoms. The fourth-order valence-corrected chi connectivity index (χ4v) is 1.24. The Hall–Kier alpha value is -2.10. The summed E-state index contributed by atoms with van der Waals surface area (Å²) in [4.78, 5) is 24.5. The third kappa shape index (κ3) is 1.26. The summed E-state index contributed by atoms with van der Waals surface area (Å²) >= 11 is 0. The molecule has 0 aliphatic heterocycles. The molecule has 0 aliphatic rings. The van der Waals surface area contributed by atoms with Gasteiger partial charge in [-0.2, -0.15) is 0 Å². The lowest BCUT2D eigenvalue weighted by molar-refractivity contribution is 0.460. The molecule has 1 heterocycles. The maximum absolute atomic E-state index is 11.2. The fraction of sp³-hybridized carbons (Fsp3) is 0. The summed E-state index contributed by atoms with van der Waals surface area (Å²) in [6.07, 6.45) is 1.62. The van der Waals surface area contributed by atoms with Crippen molar-refractivity contribution >= 4 is 17.0 Å². The van der Waals surface area contributed by atoms with Crippen molar-refractivity contribution < 1.29 is 4.42 Å². The van der Waals surface area contributed by atoms with Crippen LogP contribution < -0.4 is 11.4 Å². The van der Waals surface area contributed by atoms with Crippen LogP contribution in [0.25, 0.3) is 17.0 Å². The molecule has 0 aliphatic carbocycles. The maximum atomic E-state index is 11.2. The highest BCUT2D eigenvalue weighted by molar-refractivity contribution is 5.79. The maximum Gasteiger partial charge on any atom is 0.419 e. The number of H-pyrrole nitrogens is 1. The van der Waals surface area contributed by atoms with E-state index < -0.39 is 11.4 Å². The minimum absolute atomic E-state index is 0.349. The molecule has 0 fully saturated rings. The number of nitrogens with one attached hydrogen (secondary N) is 1. The summed E-state index contributed by atoms with van der Waals surface area (Å²) in [5, 5.41) is 0.349. The van der Waals surface area contributed by atoms with Crippen LogP contribution in [0.15, 0.2) is 38.8 Å². The minimum Gasteiger partial charge on any atom is -0.372 e. The van der Waals surface area contributed by atoms with Crippen molar-refractivity contribution in [2.75, 3.05) is 0 Å². The van der Waals surface area contributed by atoms with Gasteiger partial charge in [0.1, 0.15) is 0 Å². The van der Waals surface area contributed by atoms with Crippen molar-refractivity contribution in [2.24, 2.45) is 0 Å². The van der Waals surface area contributed by atoms with Crippen LogP contribution in [0, 0.1) is 0 Å². The van der Waals surface area contributed by atoms with Crippen molar-refractivity contribution in [3.63, 3.8) is 0 Å². The number of benzene rings is 1. The zero-order valence-electron chi connectivity index (χ0n) is 7.24. The standard InChI is InChI=1S/C10H7NO3/c1-2-6-3-4-8-7(5-6)9(12)14-10(13)11-8/h2-5H,1H2,(H,11,13). The number of hydrogen-bond donors (Lipinski definition) is 1. The molecule has 14 heavy (non-hydrogen) atoms. The van der Waals surface area contributed by atoms with Crippen LogP contribution in [0.5, 0.6) is 0 Å². The first-order chi connectivity index (χ1) is 6.70. The lowest BCUT2D eigenvalue weighted by Crippen LogP contribution is -2.14. The molecular formula is C10H7NO3. The van der Waals surface area contributed by atoms with Crippen LogP contribution in [0.3, 0.4) is 0 Å². The Morgan fingerprint density at radius 3 is 2.86 bits per heavy atom. The molecule has 0 saturated heterocycles. The van der Waals surface area contributed by atoms with E-state index in [1.165, 1.54) is 0 Å². The quantitative estimate of drug-likeness (QED) is 0.731. The second-order valence-corrected chi connectivity index (χ2v) is 2.81. The van der Waals surface area contributed by atoms with Crippen molar-refractivity contribution in [3.05, 3.63) is 51.3 Å². The van der Waals surface area contributed by atoms with E-state index in [-0.39, 0.29) is 0 Å². The molecule has 2 aromatic rings. The van der Waals surface area contributed by atoms with Gasteiger partial charge in [0.05, 0.1) is 10.9 Å². The molecular weight excluding hydrogens is 182 g/mol. The van der Waals surface area contributed by atoms with E-state index in [0.29, 0.717) is 10.9 Å². The van der Waals surface area contributed by atoms with E-state index in [9.17, 15) is 9.59 Å². The molecule has 0 spiro atoms. The zero-order valence-corrected chi connectivity index (χ0v) is 7.24. The zero-order chi connectivity index (χ0) is 10.1. The third-order valence-corrected chi connectivity index (χ3v) is 1.92. The first-order valence-electron chi connectivity index (χ1n) is 4.00. The molecule has 0 atom stereocenters. The van der Waals surface area contributed by atoms with Gasteiger partial charge in [0.25, 0.3) is 0 Å². The average molecular weight is 189 g/mol. The summed E-state index contributed by atoms with van der Waals surface area (Å²) in [5.74, 6) is -0.742. The largest absolute Gasteiger partial charge is 0.419 e. The van der Waals surface area contributed by atoms with Gasteiger partial charge in [-0.1, -0.05) is 18.7 Å². The normalized spacial score (nSPS) is 10.3. The lowest BCUT2D eigenvalue weighted by Gasteiger charge is -1.96. The van der Waals surface area contributed by atoms with E-state index in [1.807, 2.05) is 0 Å². The summed E-state index contributed by atoms with van der Waals surface area (Å²) in [7, 11) is 0. The summed E-state index contributed by atoms with van der Waals surface area (Å²) in [6, 6.07) is 5.01. The Balaban J connectivity index is 2.96. The lowest BCUT2D eigenvalue weighted by atomic mass is 10.1. The van der Waals surface area contributed by atoms with E-state index in [2.05, 4.69) is 16.0 Å². The van der Waals surface area contributed by atoms with Gasteiger partial charge in [-0.3, -0.25) is 4.98 Å². The molecule has 0 amide bonds. The Bertz CT molecular complexity index is 607. The predicted molar refractivity (Wildman–Crippen MR) is 53.2 cm³/mol. The highest BCUT2D eigenvalue weighted by Gasteiger charge is 2.01. The van der Waals surface area contributed by atoms with Crippen molar-refractivity contribution in [2.45, 2.75) is 0 Å². The number of rotatable bonds is 1. The monoisotopic (exact) mass is 189 g/mol. The van der Waals surface area contributed by atoms with Crippen molar-refractivity contribution in [3.8, 4) is 0 Å². The molecule has 1 aromatic heterocycles. The van der Waals surface area contributed by atoms with Crippen LogP contribution in [-0.4, -0.2) is 4.98 Å². The highest BCUT2D eigenvalue weighted by atomic mass is 16.4. The molecule has 0 unspecified atom stereocenters. The molecule has 2 rings (SSSR count). The van der Waals surface area contributed by atoms with Crippen LogP contribution >= 0.6 is 0 Å². The van der Waals surface area contributed by atoms with E-state index >= 15 is 0 Å². The van der Waals surface area contributed by atoms with Gasteiger partial charge in [-0.05, 0) is 17.7 Å². The molecule has 0 saturated carbocycles. The van der Waals surface area contributed by atoms with Crippen LogP contribution in [0.4, 0.5) is 0 Å². The molecule has 0 radical (unpaired) electrons. The van der Waals surface area contributed by atoms with Crippen molar-refractivity contribution in [1.82, 2.24) is 4.98 Å². The number of fused-ring (bicyclic) bond motifs is 1. The SMILES string of the molecule is C=Cc1ccc2[nH]c(=O)oc(=O)c2c1. The highest BCUT2D eigenvalue weighted by Crippen LogP contribution is 2.09. The summed E-state index contributed by atoms with van der Waals surface area (Å²) in [6.45, 7) is 3.58. The molecule has 70 valence electrons. The van der Waals surface area contributed by atoms with Gasteiger partial charge in [-0.25, -0.2) is 9.59 Å². The molecule has 1 aromatic carbocycles. The smallest absolute Gasteiger partial charge is 0.372 e. The van der Waals surface area contributed by atoms with Gasteiger partial charge in [0, 0.05) is 0 Å². The molecule has 4 heteroatoms. The second-order valence-electron chi connectivity index (χ2n) is 2.81. The average Bonchev–Trinajstić information content (AvgIpc) is 2.17. The number of aromatic amines is 1. The second kappa shape index (κ2) is 2.99. The summed E-state index contributed by atoms with van der Waals surface area (Å²) < 4.78 is 4.39. The molecule has 1 N–H and O–H groups in total. The number of aromatic nitrogens is 1. The molecule has 4 nitrogen and oxygen atoms in total. The predicted octanol–water partition coefficient (Wildman–Crippen LogP) is 1.12. The van der Waals surface area contributed by atoms with Gasteiger partial charge in [0.2, 0.25) is 0 Å². The van der Waals surface area contributed by atoms with E-state index in [4.69, 9.17) is 0 Å². The topological polar surface area (TPSA) is 63.1 Å². The first-order valence-corrected chi connectivity index (χ1v) is 4.00. The van der Waals surface area contributed by atoms with Gasteiger partial charge >= 0.3 is 11.4 Å². The van der Waals surface area contributed by atoms with Gasteiger partial charge < -0.3 is 4.42 Å². The van der Waals surface area contributed by atoms with Crippen LogP contribution in [0.2, 0.25) is 0 Å². The van der Waals surface area contributed by atoms with E-state index in [1.54, 1.807) is 24.3 Å². The van der Waals surface area contributed by atoms with E-state index in [0.717, 1.165) is 5.56 Å². The minimum atomic E-state index is -0.742. The number of hydrogen-bond acceptors (Lipinski definition) is 3. The Morgan fingerprint density at radius 2 is 2.14 bits per heavy atom. The van der Waals surface area contributed by atoms with Gasteiger partial charge in [0.15, 0.2) is 0 Å². The van der Waals surface area contributed by atoms with Crippen molar-refractivity contribution in [1.29, 1.82) is 0 Å². The Morgan fingerprint density at radius 1 is 1.36 bits per heavy atom. The van der Waals surface area contributed by atoms with Crippen LogP contribution in [-0.2, 0) is 0 Å². The fourth-order valence-electron chi connectivity index (χ4n) is 1.24. The van der Waals surface area contributed by atoms with Crippen LogP contribution in [0.1, 0.15) is 5.56 Å². The Kier molecular flexibility index (Phi) is 1.81. The Labute approximate surface area is 78.5 Å².